The van der Waals surface area contributed by atoms with Crippen LogP contribution in [-0.4, -0.2) is 51.3 Å². The van der Waals surface area contributed by atoms with E-state index in [2.05, 4.69) is 14.8 Å². The van der Waals surface area contributed by atoms with E-state index in [0.29, 0.717) is 24.0 Å². The zero-order valence-electron chi connectivity index (χ0n) is 16.1. The maximum absolute atomic E-state index is 13.1. The third kappa shape index (κ3) is 5.40. The van der Waals surface area contributed by atoms with Crippen LogP contribution in [0.15, 0.2) is 47.5 Å². The number of guanidine groups is 1. The quantitative estimate of drug-likeness (QED) is 0.389. The smallest absolute Gasteiger partial charge is 0.191 e. The minimum absolute atomic E-state index is 0. The average molecular weight is 500 g/mol. The number of hydrogen-bond acceptors (Lipinski definition) is 4. The highest BCUT2D eigenvalue weighted by Crippen LogP contribution is 2.27. The molecule has 0 radical (unpaired) electrons. The number of ether oxygens (including phenoxy) is 2. The molecule has 1 fully saturated rings. The third-order valence-corrected chi connectivity index (χ3v) is 4.67. The third-order valence-electron chi connectivity index (χ3n) is 4.67. The van der Waals surface area contributed by atoms with Crippen molar-refractivity contribution in [1.29, 1.82) is 0 Å². The lowest BCUT2D eigenvalue weighted by Gasteiger charge is -2.36. The van der Waals surface area contributed by atoms with Crippen LogP contribution in [0, 0.1) is 5.82 Å². The Morgan fingerprint density at radius 1 is 1.00 bits per heavy atom. The van der Waals surface area contributed by atoms with Gasteiger partial charge in [-0.25, -0.2) is 9.38 Å². The second-order valence-corrected chi connectivity index (χ2v) is 6.31. The Balaban J connectivity index is 0.00000280. The molecule has 1 saturated heterocycles. The summed E-state index contributed by atoms with van der Waals surface area (Å²) in [7, 11) is 3.22. The average Bonchev–Trinajstić information content (AvgIpc) is 2.72. The summed E-state index contributed by atoms with van der Waals surface area (Å²) in [4.78, 5) is 8.80. The summed E-state index contributed by atoms with van der Waals surface area (Å²) < 4.78 is 23.6. The standard InChI is InChI=1S/C20H25FN4O2.HI/c1-26-18-8-3-15(13-19(18)27-2)14-23-20(22)25-11-9-24(10-12-25)17-6-4-16(21)5-7-17;/h3-8,13H,9-12,14H2,1-2H3,(H2,22,23);1H. The van der Waals surface area contributed by atoms with Crippen LogP contribution in [0.1, 0.15) is 5.56 Å². The zero-order chi connectivity index (χ0) is 19.2. The fraction of sp³-hybridized carbons (Fsp3) is 0.350. The van der Waals surface area contributed by atoms with E-state index >= 15 is 0 Å². The van der Waals surface area contributed by atoms with E-state index in [1.165, 1.54) is 12.1 Å². The number of methoxy groups -OCH3 is 2. The van der Waals surface area contributed by atoms with Gasteiger partial charge in [0.15, 0.2) is 17.5 Å². The number of rotatable bonds is 5. The van der Waals surface area contributed by atoms with Gasteiger partial charge in [-0.1, -0.05) is 6.07 Å². The number of nitrogens with zero attached hydrogens (tertiary/aromatic N) is 3. The highest BCUT2D eigenvalue weighted by atomic mass is 127. The zero-order valence-corrected chi connectivity index (χ0v) is 18.4. The lowest BCUT2D eigenvalue weighted by molar-refractivity contribution is 0.354. The van der Waals surface area contributed by atoms with Crippen molar-refractivity contribution in [3.8, 4) is 11.5 Å². The largest absolute Gasteiger partial charge is 0.493 e. The van der Waals surface area contributed by atoms with E-state index in [0.717, 1.165) is 37.4 Å². The van der Waals surface area contributed by atoms with Gasteiger partial charge in [0.1, 0.15) is 5.82 Å². The van der Waals surface area contributed by atoms with Crippen LogP contribution in [-0.2, 0) is 6.54 Å². The lowest BCUT2D eigenvalue weighted by Crippen LogP contribution is -2.51. The van der Waals surface area contributed by atoms with Gasteiger partial charge in [-0.05, 0) is 42.0 Å². The van der Waals surface area contributed by atoms with Crippen LogP contribution < -0.4 is 20.1 Å². The molecule has 0 unspecified atom stereocenters. The summed E-state index contributed by atoms with van der Waals surface area (Å²) in [6.45, 7) is 3.66. The first-order valence-electron chi connectivity index (χ1n) is 8.87. The molecular formula is C20H26FIN4O2. The molecule has 2 aromatic carbocycles. The second-order valence-electron chi connectivity index (χ2n) is 6.31. The predicted molar refractivity (Wildman–Crippen MR) is 120 cm³/mol. The summed E-state index contributed by atoms with van der Waals surface area (Å²) >= 11 is 0. The lowest BCUT2D eigenvalue weighted by atomic mass is 10.2. The summed E-state index contributed by atoms with van der Waals surface area (Å²) in [6, 6.07) is 12.3. The van der Waals surface area contributed by atoms with Crippen molar-refractivity contribution in [2.75, 3.05) is 45.3 Å². The number of benzene rings is 2. The summed E-state index contributed by atoms with van der Waals surface area (Å²) in [5.41, 5.74) is 8.20. The van der Waals surface area contributed by atoms with E-state index in [1.54, 1.807) is 26.4 Å². The first-order chi connectivity index (χ1) is 13.1. The minimum atomic E-state index is -0.219. The first-order valence-corrected chi connectivity index (χ1v) is 8.87. The van der Waals surface area contributed by atoms with E-state index in [9.17, 15) is 4.39 Å². The van der Waals surface area contributed by atoms with Gasteiger partial charge in [0.05, 0.1) is 20.8 Å². The van der Waals surface area contributed by atoms with Crippen molar-refractivity contribution in [2.45, 2.75) is 6.54 Å². The number of hydrogen-bond donors (Lipinski definition) is 1. The number of aliphatic imine (C=N–C) groups is 1. The summed E-state index contributed by atoms with van der Waals surface area (Å²) in [6.07, 6.45) is 0. The topological polar surface area (TPSA) is 63.3 Å². The Kier molecular flexibility index (Phi) is 8.16. The van der Waals surface area contributed by atoms with Crippen LogP contribution in [0.4, 0.5) is 10.1 Å². The number of halogens is 2. The predicted octanol–water partition coefficient (Wildman–Crippen LogP) is 3.10. The Labute approximate surface area is 182 Å². The molecule has 1 aliphatic heterocycles. The molecule has 0 amide bonds. The van der Waals surface area contributed by atoms with Gasteiger partial charge in [-0.2, -0.15) is 0 Å². The summed E-state index contributed by atoms with van der Waals surface area (Å²) in [5.74, 6) is 1.68. The SMILES string of the molecule is COc1ccc(CN=C(N)N2CCN(c3ccc(F)cc3)CC2)cc1OC.I. The van der Waals surface area contributed by atoms with Crippen molar-refractivity contribution in [1.82, 2.24) is 4.90 Å². The molecule has 0 bridgehead atoms. The van der Waals surface area contributed by atoms with Crippen molar-refractivity contribution in [2.24, 2.45) is 10.7 Å². The van der Waals surface area contributed by atoms with E-state index in [1.807, 2.05) is 18.2 Å². The van der Waals surface area contributed by atoms with E-state index in [-0.39, 0.29) is 29.8 Å². The Bertz CT molecular complexity index is 793. The molecule has 2 aromatic rings. The molecule has 28 heavy (non-hydrogen) atoms. The Morgan fingerprint density at radius 2 is 1.64 bits per heavy atom. The van der Waals surface area contributed by atoms with Gasteiger partial charge in [0.2, 0.25) is 0 Å². The van der Waals surface area contributed by atoms with E-state index < -0.39 is 0 Å². The minimum Gasteiger partial charge on any atom is -0.493 e. The van der Waals surface area contributed by atoms with Crippen LogP contribution in [0.2, 0.25) is 0 Å². The van der Waals surface area contributed by atoms with E-state index in [4.69, 9.17) is 15.2 Å². The van der Waals surface area contributed by atoms with Gasteiger partial charge < -0.3 is 25.0 Å². The molecular weight excluding hydrogens is 474 g/mol. The highest BCUT2D eigenvalue weighted by molar-refractivity contribution is 14.0. The highest BCUT2D eigenvalue weighted by Gasteiger charge is 2.18. The number of nitrogens with two attached hydrogens (primary N) is 1. The molecule has 6 nitrogen and oxygen atoms in total. The molecule has 0 atom stereocenters. The molecule has 0 saturated carbocycles. The van der Waals surface area contributed by atoms with Crippen molar-refractivity contribution in [3.05, 3.63) is 53.8 Å². The van der Waals surface area contributed by atoms with Crippen LogP contribution in [0.5, 0.6) is 11.5 Å². The molecule has 0 aliphatic carbocycles. The molecule has 0 aromatic heterocycles. The normalized spacial score (nSPS) is 14.5. The summed E-state index contributed by atoms with van der Waals surface area (Å²) in [5, 5.41) is 0. The van der Waals surface area contributed by atoms with Gasteiger partial charge >= 0.3 is 0 Å². The molecule has 0 spiro atoms. The molecule has 1 heterocycles. The Morgan fingerprint density at radius 3 is 2.25 bits per heavy atom. The second kappa shape index (κ2) is 10.4. The Hall–Kier alpha value is -2.23. The number of anilines is 1. The van der Waals surface area contributed by atoms with Gasteiger partial charge in [-0.15, -0.1) is 24.0 Å². The maximum atomic E-state index is 13.1. The van der Waals surface area contributed by atoms with Gasteiger partial charge in [0.25, 0.3) is 0 Å². The van der Waals surface area contributed by atoms with Crippen LogP contribution in [0.3, 0.4) is 0 Å². The van der Waals surface area contributed by atoms with Crippen molar-refractivity contribution >= 4 is 35.6 Å². The first kappa shape index (κ1) is 22.1. The fourth-order valence-corrected chi connectivity index (χ4v) is 3.10. The molecule has 1 aliphatic rings. The number of piperazine rings is 1. The monoisotopic (exact) mass is 500 g/mol. The maximum Gasteiger partial charge on any atom is 0.191 e. The van der Waals surface area contributed by atoms with Gasteiger partial charge in [-0.3, -0.25) is 0 Å². The van der Waals surface area contributed by atoms with Crippen LogP contribution >= 0.6 is 24.0 Å². The fourth-order valence-electron chi connectivity index (χ4n) is 3.10. The van der Waals surface area contributed by atoms with Gasteiger partial charge in [0, 0.05) is 31.9 Å². The molecule has 152 valence electrons. The molecule has 3 rings (SSSR count). The van der Waals surface area contributed by atoms with Crippen molar-refractivity contribution < 1.29 is 13.9 Å². The molecule has 8 heteroatoms. The van der Waals surface area contributed by atoms with Crippen LogP contribution in [0.25, 0.3) is 0 Å². The van der Waals surface area contributed by atoms with Crippen molar-refractivity contribution in [3.63, 3.8) is 0 Å². The molecule has 2 N–H and O–H groups in total.